The van der Waals surface area contributed by atoms with E-state index in [4.69, 9.17) is 19.4 Å². The molecule has 8 heteroatoms. The third-order valence-corrected chi connectivity index (χ3v) is 7.17. The van der Waals surface area contributed by atoms with Crippen molar-refractivity contribution >= 4 is 23.5 Å². The number of anilines is 1. The number of ether oxygens (including phenoxy) is 2. The van der Waals surface area contributed by atoms with Gasteiger partial charge < -0.3 is 19.3 Å². The SMILES string of the molecule is CCN(C)C(=O)c1cccc(CSc2nc(C)c(C)c(N(C)CCc3ccc(OC)c(OC)c3)n2)c1. The number of nitrogens with zero attached hydrogens (tertiary/aromatic N) is 4. The average molecular weight is 509 g/mol. The van der Waals surface area contributed by atoms with Gasteiger partial charge in [-0.3, -0.25) is 4.79 Å². The number of likely N-dealkylation sites (N-methyl/N-ethyl adjacent to an activating group) is 1. The maximum atomic E-state index is 12.5. The minimum Gasteiger partial charge on any atom is -0.493 e. The van der Waals surface area contributed by atoms with Crippen LogP contribution in [0.3, 0.4) is 0 Å². The third kappa shape index (κ3) is 6.69. The second-order valence-corrected chi connectivity index (χ2v) is 9.65. The molecule has 36 heavy (non-hydrogen) atoms. The van der Waals surface area contributed by atoms with E-state index >= 15 is 0 Å². The molecule has 0 radical (unpaired) electrons. The Kier molecular flexibility index (Phi) is 9.58. The second kappa shape index (κ2) is 12.6. The fraction of sp³-hybridized carbons (Fsp3) is 0.393. The van der Waals surface area contributed by atoms with E-state index in [1.165, 1.54) is 5.56 Å². The summed E-state index contributed by atoms with van der Waals surface area (Å²) in [5.41, 5.74) is 4.98. The van der Waals surface area contributed by atoms with Gasteiger partial charge in [0.2, 0.25) is 0 Å². The smallest absolute Gasteiger partial charge is 0.253 e. The average Bonchev–Trinajstić information content (AvgIpc) is 2.91. The van der Waals surface area contributed by atoms with E-state index in [1.54, 1.807) is 30.9 Å². The topological polar surface area (TPSA) is 67.8 Å². The fourth-order valence-corrected chi connectivity index (χ4v) is 4.60. The zero-order chi connectivity index (χ0) is 26.2. The van der Waals surface area contributed by atoms with Crippen molar-refractivity contribution in [2.75, 3.05) is 46.3 Å². The van der Waals surface area contributed by atoms with Gasteiger partial charge in [-0.15, -0.1) is 0 Å². The first-order valence-electron chi connectivity index (χ1n) is 12.0. The summed E-state index contributed by atoms with van der Waals surface area (Å²) in [5.74, 6) is 3.11. The number of hydrogen-bond acceptors (Lipinski definition) is 7. The minimum absolute atomic E-state index is 0.0326. The number of carbonyl (C=O) groups excluding carboxylic acids is 1. The molecule has 0 spiro atoms. The lowest BCUT2D eigenvalue weighted by molar-refractivity contribution is 0.0802. The number of aromatic nitrogens is 2. The Morgan fingerprint density at radius 3 is 2.42 bits per heavy atom. The Morgan fingerprint density at radius 1 is 0.972 bits per heavy atom. The lowest BCUT2D eigenvalue weighted by Crippen LogP contribution is -2.26. The first-order chi connectivity index (χ1) is 17.3. The molecule has 0 saturated carbocycles. The van der Waals surface area contributed by atoms with Crippen LogP contribution in [0.4, 0.5) is 5.82 Å². The highest BCUT2D eigenvalue weighted by Crippen LogP contribution is 2.29. The van der Waals surface area contributed by atoms with E-state index in [0.29, 0.717) is 17.9 Å². The van der Waals surface area contributed by atoms with Gasteiger partial charge in [-0.2, -0.15) is 0 Å². The molecule has 3 aromatic rings. The monoisotopic (exact) mass is 508 g/mol. The van der Waals surface area contributed by atoms with Crippen LogP contribution in [-0.4, -0.2) is 62.2 Å². The largest absolute Gasteiger partial charge is 0.493 e. The number of methoxy groups -OCH3 is 2. The minimum atomic E-state index is 0.0326. The number of hydrogen-bond donors (Lipinski definition) is 0. The van der Waals surface area contributed by atoms with Gasteiger partial charge in [-0.1, -0.05) is 30.0 Å². The molecule has 192 valence electrons. The van der Waals surface area contributed by atoms with Crippen LogP contribution in [0.1, 0.15) is 39.7 Å². The summed E-state index contributed by atoms with van der Waals surface area (Å²) in [7, 11) is 7.17. The van der Waals surface area contributed by atoms with Gasteiger partial charge in [0, 0.05) is 49.8 Å². The molecule has 1 heterocycles. The number of carbonyl (C=O) groups is 1. The summed E-state index contributed by atoms with van der Waals surface area (Å²) < 4.78 is 10.8. The highest BCUT2D eigenvalue weighted by Gasteiger charge is 2.15. The van der Waals surface area contributed by atoms with E-state index in [1.807, 2.05) is 57.3 Å². The summed E-state index contributed by atoms with van der Waals surface area (Å²) in [6.45, 7) is 7.53. The van der Waals surface area contributed by atoms with Crippen LogP contribution < -0.4 is 14.4 Å². The first kappa shape index (κ1) is 27.3. The molecule has 1 aromatic heterocycles. The van der Waals surface area contributed by atoms with E-state index in [9.17, 15) is 4.79 Å². The van der Waals surface area contributed by atoms with Gasteiger partial charge in [-0.05, 0) is 62.6 Å². The zero-order valence-electron chi connectivity index (χ0n) is 22.3. The maximum absolute atomic E-state index is 12.5. The quantitative estimate of drug-likeness (QED) is 0.261. The Labute approximate surface area is 218 Å². The van der Waals surface area contributed by atoms with E-state index < -0.39 is 0 Å². The number of amides is 1. The lowest BCUT2D eigenvalue weighted by atomic mass is 10.1. The molecular formula is C28H36N4O3S. The van der Waals surface area contributed by atoms with Crippen molar-refractivity contribution in [1.82, 2.24) is 14.9 Å². The molecule has 0 saturated heterocycles. The van der Waals surface area contributed by atoms with E-state index in [-0.39, 0.29) is 5.91 Å². The van der Waals surface area contributed by atoms with Gasteiger partial charge in [0.1, 0.15) is 5.82 Å². The molecule has 0 aliphatic rings. The molecule has 0 aliphatic carbocycles. The van der Waals surface area contributed by atoms with Crippen LogP contribution in [0, 0.1) is 13.8 Å². The maximum Gasteiger partial charge on any atom is 0.253 e. The van der Waals surface area contributed by atoms with Crippen LogP contribution in [0.2, 0.25) is 0 Å². The molecule has 0 bridgehead atoms. The van der Waals surface area contributed by atoms with Crippen molar-refractivity contribution < 1.29 is 14.3 Å². The zero-order valence-corrected chi connectivity index (χ0v) is 23.1. The number of thioether (sulfide) groups is 1. The van der Waals surface area contributed by atoms with Crippen LogP contribution in [-0.2, 0) is 12.2 Å². The van der Waals surface area contributed by atoms with Gasteiger partial charge >= 0.3 is 0 Å². The Hall–Kier alpha value is -3.26. The summed E-state index contributed by atoms with van der Waals surface area (Å²) >= 11 is 1.58. The van der Waals surface area contributed by atoms with E-state index in [0.717, 1.165) is 52.3 Å². The number of rotatable bonds is 11. The Bertz CT molecular complexity index is 1200. The van der Waals surface area contributed by atoms with Crippen LogP contribution in [0.5, 0.6) is 11.5 Å². The molecule has 0 aliphatic heterocycles. The highest BCUT2D eigenvalue weighted by molar-refractivity contribution is 7.98. The number of benzene rings is 2. The highest BCUT2D eigenvalue weighted by atomic mass is 32.2. The van der Waals surface area contributed by atoms with Gasteiger partial charge in [0.25, 0.3) is 5.91 Å². The van der Waals surface area contributed by atoms with Crippen molar-refractivity contribution in [2.45, 2.75) is 38.1 Å². The molecule has 1 amide bonds. The Balaban J connectivity index is 1.70. The standard InChI is InChI=1S/C28H36N4O3S/c1-8-31(4)27(33)23-11-9-10-22(16-23)18-36-28-29-20(3)19(2)26(30-28)32(5)15-14-21-12-13-24(34-6)25(17-21)35-7/h9-13,16-17H,8,14-15,18H2,1-7H3. The third-order valence-electron chi connectivity index (χ3n) is 6.25. The summed E-state index contributed by atoms with van der Waals surface area (Å²) in [4.78, 5) is 26.0. The van der Waals surface area contributed by atoms with Crippen molar-refractivity contribution in [3.63, 3.8) is 0 Å². The normalized spacial score (nSPS) is 10.8. The first-order valence-corrected chi connectivity index (χ1v) is 13.0. The summed E-state index contributed by atoms with van der Waals surface area (Å²) in [5, 5.41) is 0.730. The predicted octanol–water partition coefficient (Wildman–Crippen LogP) is 5.17. The summed E-state index contributed by atoms with van der Waals surface area (Å²) in [6, 6.07) is 13.8. The molecule has 2 aromatic carbocycles. The Morgan fingerprint density at radius 2 is 1.72 bits per heavy atom. The molecule has 0 fully saturated rings. The molecule has 7 nitrogen and oxygen atoms in total. The lowest BCUT2D eigenvalue weighted by Gasteiger charge is -2.22. The van der Waals surface area contributed by atoms with E-state index in [2.05, 4.69) is 24.9 Å². The molecule has 0 N–H and O–H groups in total. The van der Waals surface area contributed by atoms with Crippen LogP contribution in [0.15, 0.2) is 47.6 Å². The predicted molar refractivity (Wildman–Crippen MR) is 147 cm³/mol. The number of aryl methyl sites for hydroxylation is 1. The van der Waals surface area contributed by atoms with Crippen molar-refractivity contribution in [3.05, 3.63) is 70.4 Å². The molecular weight excluding hydrogens is 472 g/mol. The molecule has 3 rings (SSSR count). The van der Waals surface area contributed by atoms with Crippen molar-refractivity contribution in [2.24, 2.45) is 0 Å². The van der Waals surface area contributed by atoms with Crippen LogP contribution >= 0.6 is 11.8 Å². The van der Waals surface area contributed by atoms with Crippen LogP contribution in [0.25, 0.3) is 0 Å². The molecule has 0 atom stereocenters. The summed E-state index contributed by atoms with van der Waals surface area (Å²) in [6.07, 6.45) is 0.842. The molecule has 0 unspecified atom stereocenters. The fourth-order valence-electron chi connectivity index (χ4n) is 3.77. The van der Waals surface area contributed by atoms with Gasteiger partial charge in [0.15, 0.2) is 16.7 Å². The van der Waals surface area contributed by atoms with Gasteiger partial charge in [-0.25, -0.2) is 9.97 Å². The van der Waals surface area contributed by atoms with Crippen molar-refractivity contribution in [3.8, 4) is 11.5 Å². The second-order valence-electron chi connectivity index (χ2n) is 8.71. The van der Waals surface area contributed by atoms with Gasteiger partial charge in [0.05, 0.1) is 14.2 Å². The van der Waals surface area contributed by atoms with Crippen molar-refractivity contribution in [1.29, 1.82) is 0 Å².